The van der Waals surface area contributed by atoms with E-state index in [0.717, 1.165) is 47.5 Å². The second-order valence-corrected chi connectivity index (χ2v) is 13.7. The van der Waals surface area contributed by atoms with Crippen LogP contribution >= 0.6 is 7.26 Å². The average Bonchev–Trinajstić information content (AvgIpc) is 2.78. The number of carbonyl (C=O) groups is 2. The summed E-state index contributed by atoms with van der Waals surface area (Å²) in [5, 5.41) is 3.21. The van der Waals surface area contributed by atoms with Gasteiger partial charge in [0.25, 0.3) is 0 Å². The summed E-state index contributed by atoms with van der Waals surface area (Å²) in [6.45, 7) is 10.7. The molecule has 0 aliphatic heterocycles. The third kappa shape index (κ3) is 6.64. The predicted molar refractivity (Wildman–Crippen MR) is 134 cm³/mol. The Morgan fingerprint density at radius 1 is 0.935 bits per heavy atom. The number of carbonyl (C=O) groups excluding carboxylic acids is 2. The third-order valence-electron chi connectivity index (χ3n) is 6.51. The van der Waals surface area contributed by atoms with Crippen molar-refractivity contribution < 1.29 is 14.3 Å². The van der Waals surface area contributed by atoms with Gasteiger partial charge >= 0.3 is 188 Å². The summed E-state index contributed by atoms with van der Waals surface area (Å²) < 4.78 is 5.62. The Morgan fingerprint density at radius 2 is 1.55 bits per heavy atom. The molecule has 4 nitrogen and oxygen atoms in total. The van der Waals surface area contributed by atoms with Crippen molar-refractivity contribution in [1.82, 2.24) is 0 Å². The van der Waals surface area contributed by atoms with Gasteiger partial charge in [-0.1, -0.05) is 0 Å². The SMILES string of the molecule is CCCC(C(=O)Nc1c(C)cccc1C)[PH](CC)(CC)CC(=O)OCc1ccccc1. The summed E-state index contributed by atoms with van der Waals surface area (Å²) in [6.07, 6.45) is 3.87. The molecule has 0 saturated carbocycles. The molecule has 2 aromatic rings. The fraction of sp³-hybridized carbons (Fsp3) is 0.462. The number of hydrogen-bond donors (Lipinski definition) is 1. The van der Waals surface area contributed by atoms with Crippen LogP contribution in [0.25, 0.3) is 0 Å². The number of benzene rings is 2. The van der Waals surface area contributed by atoms with Crippen LogP contribution in [0.15, 0.2) is 48.5 Å². The molecule has 31 heavy (non-hydrogen) atoms. The van der Waals surface area contributed by atoms with E-state index < -0.39 is 7.26 Å². The second kappa shape index (κ2) is 12.0. The van der Waals surface area contributed by atoms with Crippen LogP contribution in [0.2, 0.25) is 0 Å². The van der Waals surface area contributed by atoms with E-state index in [4.69, 9.17) is 4.74 Å². The molecule has 0 aliphatic carbocycles. The van der Waals surface area contributed by atoms with Crippen LogP contribution in [0.3, 0.4) is 0 Å². The maximum absolute atomic E-state index is 13.5. The molecular formula is C26H38NO3P. The van der Waals surface area contributed by atoms with Crippen molar-refractivity contribution in [2.75, 3.05) is 23.8 Å². The predicted octanol–water partition coefficient (Wildman–Crippen LogP) is 5.94. The average molecular weight is 444 g/mol. The summed E-state index contributed by atoms with van der Waals surface area (Å²) in [6, 6.07) is 15.8. The van der Waals surface area contributed by atoms with Crippen molar-refractivity contribution in [2.45, 2.75) is 59.7 Å². The molecule has 2 rings (SSSR count). The Labute approximate surface area is 188 Å². The number of anilines is 1. The molecule has 1 amide bonds. The minimum atomic E-state index is -2.23. The van der Waals surface area contributed by atoms with Crippen LogP contribution in [0.4, 0.5) is 5.69 Å². The Morgan fingerprint density at radius 3 is 2.10 bits per heavy atom. The number of rotatable bonds is 11. The van der Waals surface area contributed by atoms with E-state index >= 15 is 0 Å². The molecule has 0 aliphatic rings. The number of ether oxygens (including phenoxy) is 1. The van der Waals surface area contributed by atoms with Gasteiger partial charge in [0.1, 0.15) is 0 Å². The zero-order valence-corrected chi connectivity index (χ0v) is 20.7. The summed E-state index contributed by atoms with van der Waals surface area (Å²) in [4.78, 5) is 26.3. The Bertz CT molecular complexity index is 842. The van der Waals surface area contributed by atoms with Crippen LogP contribution in [0.5, 0.6) is 0 Å². The van der Waals surface area contributed by atoms with Crippen LogP contribution in [0.1, 0.15) is 50.3 Å². The Balaban J connectivity index is 2.19. The normalized spacial score (nSPS) is 12.8. The van der Waals surface area contributed by atoms with Crippen LogP contribution in [-0.2, 0) is 20.9 Å². The van der Waals surface area contributed by atoms with E-state index in [1.54, 1.807) is 0 Å². The number of nitrogens with one attached hydrogen (secondary N) is 1. The molecular weight excluding hydrogens is 405 g/mol. The van der Waals surface area contributed by atoms with Crippen LogP contribution in [-0.4, -0.2) is 36.0 Å². The molecule has 0 heterocycles. The summed E-state index contributed by atoms with van der Waals surface area (Å²) >= 11 is 0. The summed E-state index contributed by atoms with van der Waals surface area (Å²) in [5.74, 6) is -0.120. The Hall–Kier alpha value is -2.19. The number of amides is 1. The first-order valence-corrected chi connectivity index (χ1v) is 14.1. The molecule has 0 radical (unpaired) electrons. The summed E-state index contributed by atoms with van der Waals surface area (Å²) in [7, 11) is -2.23. The molecule has 0 saturated heterocycles. The molecule has 170 valence electrons. The van der Waals surface area contributed by atoms with E-state index in [-0.39, 0.29) is 24.1 Å². The van der Waals surface area contributed by atoms with Crippen LogP contribution in [0, 0.1) is 13.8 Å². The van der Waals surface area contributed by atoms with Gasteiger partial charge < -0.3 is 0 Å². The molecule has 1 atom stereocenters. The van der Waals surface area contributed by atoms with Gasteiger partial charge in [0.05, 0.1) is 0 Å². The third-order valence-corrected chi connectivity index (χ3v) is 12.3. The van der Waals surface area contributed by atoms with Gasteiger partial charge in [-0.05, 0) is 0 Å². The molecule has 2 aromatic carbocycles. The number of esters is 1. The van der Waals surface area contributed by atoms with Crippen molar-refractivity contribution in [3.63, 3.8) is 0 Å². The van der Waals surface area contributed by atoms with E-state index in [2.05, 4.69) is 26.1 Å². The zero-order chi connectivity index (χ0) is 22.9. The molecule has 0 spiro atoms. The molecule has 0 aromatic heterocycles. The van der Waals surface area contributed by atoms with Gasteiger partial charge in [0, 0.05) is 0 Å². The van der Waals surface area contributed by atoms with Crippen molar-refractivity contribution in [3.05, 3.63) is 65.2 Å². The van der Waals surface area contributed by atoms with Gasteiger partial charge in [-0.2, -0.15) is 0 Å². The fourth-order valence-corrected chi connectivity index (χ4v) is 8.86. The first-order valence-electron chi connectivity index (χ1n) is 11.4. The number of aryl methyl sites for hydroxylation is 2. The van der Waals surface area contributed by atoms with Gasteiger partial charge in [-0.25, -0.2) is 0 Å². The fourth-order valence-electron chi connectivity index (χ4n) is 4.42. The van der Waals surface area contributed by atoms with Gasteiger partial charge in [0.2, 0.25) is 0 Å². The molecule has 0 fully saturated rings. The quantitative estimate of drug-likeness (QED) is 0.345. The van der Waals surface area contributed by atoms with Gasteiger partial charge in [0.15, 0.2) is 0 Å². The van der Waals surface area contributed by atoms with Crippen LogP contribution < -0.4 is 5.32 Å². The number of hydrogen-bond acceptors (Lipinski definition) is 3. The van der Waals surface area contributed by atoms with Crippen molar-refractivity contribution in [1.29, 1.82) is 0 Å². The monoisotopic (exact) mass is 443 g/mol. The van der Waals surface area contributed by atoms with Crippen molar-refractivity contribution in [2.24, 2.45) is 0 Å². The summed E-state index contributed by atoms with van der Waals surface area (Å²) in [5.41, 5.74) is 3.89. The molecule has 0 bridgehead atoms. The minimum absolute atomic E-state index is 0.0606. The first kappa shape index (κ1) is 25.1. The Kier molecular flexibility index (Phi) is 9.71. The van der Waals surface area contributed by atoms with E-state index in [1.165, 1.54) is 0 Å². The molecule has 5 heteroatoms. The van der Waals surface area contributed by atoms with E-state index in [0.29, 0.717) is 6.16 Å². The molecule has 1 unspecified atom stereocenters. The second-order valence-electron chi connectivity index (χ2n) is 8.49. The maximum atomic E-state index is 13.5. The van der Waals surface area contributed by atoms with E-state index in [9.17, 15) is 9.59 Å². The van der Waals surface area contributed by atoms with E-state index in [1.807, 2.05) is 62.4 Å². The first-order chi connectivity index (χ1) is 14.9. The molecule has 1 N–H and O–H groups in total. The van der Waals surface area contributed by atoms with Gasteiger partial charge in [-0.15, -0.1) is 0 Å². The topological polar surface area (TPSA) is 55.4 Å². The number of para-hydroxylation sites is 1. The van der Waals surface area contributed by atoms with Gasteiger partial charge in [-0.3, -0.25) is 0 Å². The zero-order valence-electron chi connectivity index (χ0n) is 19.7. The van der Waals surface area contributed by atoms with Crippen molar-refractivity contribution >= 4 is 24.8 Å². The standard InChI is InChI=1S/C26H38NO3P/c1-6-13-23(26(29)27-25-20(4)14-12-15-21(25)5)31(7-2,8-3)19-24(28)30-18-22-16-10-9-11-17-22/h9-12,14-17,23,31H,6-8,13,18-19H2,1-5H3,(H,27,29). The van der Waals surface area contributed by atoms with Crippen molar-refractivity contribution in [3.8, 4) is 0 Å².